The lowest BCUT2D eigenvalue weighted by atomic mass is 9.59. The Hall–Kier alpha value is -0.120. The smallest absolute Gasteiger partial charge is 0.0486 e. The quantitative estimate of drug-likeness (QED) is 0.733. The normalized spacial score (nSPS) is 51.8. The van der Waals surface area contributed by atoms with Gasteiger partial charge < -0.3 is 5.32 Å². The van der Waals surface area contributed by atoms with E-state index in [-0.39, 0.29) is 0 Å². The maximum absolute atomic E-state index is 3.77. The molecule has 2 heterocycles. The zero-order valence-corrected chi connectivity index (χ0v) is 11.6. The molecule has 4 rings (SSSR count). The third-order valence-electron chi connectivity index (χ3n) is 6.29. The van der Waals surface area contributed by atoms with Gasteiger partial charge in [-0.1, -0.05) is 6.92 Å². The van der Waals surface area contributed by atoms with Gasteiger partial charge >= 0.3 is 0 Å². The van der Waals surface area contributed by atoms with Gasteiger partial charge in [0.1, 0.15) is 0 Å². The lowest BCUT2D eigenvalue weighted by Crippen LogP contribution is -2.53. The summed E-state index contributed by atoms with van der Waals surface area (Å²) in [5.41, 5.74) is 0. The molecule has 102 valence electrons. The van der Waals surface area contributed by atoms with Crippen LogP contribution in [-0.4, -0.2) is 43.3 Å². The number of piperidine rings is 1. The Labute approximate surface area is 111 Å². The number of hydrogen-bond acceptors (Lipinski definition) is 3. The van der Waals surface area contributed by atoms with Crippen LogP contribution >= 0.6 is 0 Å². The second-order valence-electron chi connectivity index (χ2n) is 7.09. The van der Waals surface area contributed by atoms with Crippen LogP contribution in [0.5, 0.6) is 0 Å². The van der Waals surface area contributed by atoms with Gasteiger partial charge in [0.2, 0.25) is 0 Å². The Morgan fingerprint density at radius 2 is 1.94 bits per heavy atom. The summed E-state index contributed by atoms with van der Waals surface area (Å²) in [4.78, 5) is 2.67. The van der Waals surface area contributed by atoms with Crippen molar-refractivity contribution < 1.29 is 0 Å². The molecule has 0 aromatic carbocycles. The number of nitrogens with zero attached hydrogens (tertiary/aromatic N) is 1. The molecule has 2 bridgehead atoms. The number of likely N-dealkylation sites (N-methyl/N-ethyl adjacent to an activating group) is 1. The molecule has 2 aliphatic carbocycles. The molecule has 3 heteroatoms. The van der Waals surface area contributed by atoms with Crippen molar-refractivity contribution in [3.8, 4) is 0 Å². The lowest BCUT2D eigenvalue weighted by Gasteiger charge is -2.51. The summed E-state index contributed by atoms with van der Waals surface area (Å²) in [6, 6.07) is 1.65. The standard InChI is InChI=1S/C15H27N3/c1-2-18-9-17-14-6-13-11(5-15(14)18)3-10-4-12(13)8-16-7-10/h10-17H,2-9H2,1H3. The van der Waals surface area contributed by atoms with Crippen molar-refractivity contribution in [2.24, 2.45) is 23.7 Å². The first-order valence-corrected chi connectivity index (χ1v) is 8.03. The van der Waals surface area contributed by atoms with E-state index in [0.717, 1.165) is 42.4 Å². The van der Waals surface area contributed by atoms with Gasteiger partial charge in [0.05, 0.1) is 0 Å². The van der Waals surface area contributed by atoms with E-state index in [4.69, 9.17) is 0 Å². The van der Waals surface area contributed by atoms with Crippen LogP contribution in [-0.2, 0) is 0 Å². The Morgan fingerprint density at radius 1 is 1.06 bits per heavy atom. The summed E-state index contributed by atoms with van der Waals surface area (Å²) in [5, 5.41) is 7.44. The Balaban J connectivity index is 1.53. The first kappa shape index (κ1) is 11.7. The molecule has 0 aromatic heterocycles. The average molecular weight is 249 g/mol. The summed E-state index contributed by atoms with van der Waals surface area (Å²) < 4.78 is 0. The highest BCUT2D eigenvalue weighted by molar-refractivity contribution is 5.03. The van der Waals surface area contributed by atoms with E-state index in [1.807, 2.05) is 0 Å². The van der Waals surface area contributed by atoms with Crippen LogP contribution in [0.4, 0.5) is 0 Å². The molecule has 3 nitrogen and oxygen atoms in total. The van der Waals surface area contributed by atoms with Crippen LogP contribution in [0.25, 0.3) is 0 Å². The van der Waals surface area contributed by atoms with E-state index in [9.17, 15) is 0 Å². The highest BCUT2D eigenvalue weighted by Gasteiger charge is 2.48. The van der Waals surface area contributed by atoms with E-state index in [0.29, 0.717) is 0 Å². The molecule has 2 saturated heterocycles. The summed E-state index contributed by atoms with van der Waals surface area (Å²) in [6.07, 6.45) is 5.95. The third kappa shape index (κ3) is 1.75. The van der Waals surface area contributed by atoms with Gasteiger partial charge in [-0.15, -0.1) is 0 Å². The number of fused-ring (bicyclic) bond motifs is 5. The first-order chi connectivity index (χ1) is 8.85. The summed E-state index contributed by atoms with van der Waals surface area (Å²) in [5.74, 6) is 4.03. The Kier molecular flexibility index (Phi) is 2.90. The van der Waals surface area contributed by atoms with Crippen LogP contribution in [0, 0.1) is 23.7 Å². The Morgan fingerprint density at radius 3 is 2.83 bits per heavy atom. The van der Waals surface area contributed by atoms with Gasteiger partial charge in [-0.05, 0) is 69.0 Å². The van der Waals surface area contributed by atoms with Crippen molar-refractivity contribution in [3.05, 3.63) is 0 Å². The molecule has 4 aliphatic rings. The van der Waals surface area contributed by atoms with Crippen LogP contribution in [0.3, 0.4) is 0 Å². The van der Waals surface area contributed by atoms with Crippen molar-refractivity contribution in [3.63, 3.8) is 0 Å². The largest absolute Gasteiger partial charge is 0.316 e. The van der Waals surface area contributed by atoms with Gasteiger partial charge in [-0.25, -0.2) is 0 Å². The zero-order chi connectivity index (χ0) is 12.1. The predicted molar refractivity (Wildman–Crippen MR) is 73.3 cm³/mol. The third-order valence-corrected chi connectivity index (χ3v) is 6.29. The molecular weight excluding hydrogens is 222 g/mol. The molecule has 2 saturated carbocycles. The van der Waals surface area contributed by atoms with Crippen molar-refractivity contribution in [1.82, 2.24) is 15.5 Å². The molecule has 18 heavy (non-hydrogen) atoms. The van der Waals surface area contributed by atoms with Crippen molar-refractivity contribution in [1.29, 1.82) is 0 Å². The number of hydrogen-bond donors (Lipinski definition) is 2. The first-order valence-electron chi connectivity index (χ1n) is 8.03. The minimum atomic E-state index is 0.796. The molecule has 4 fully saturated rings. The molecule has 6 unspecified atom stereocenters. The number of rotatable bonds is 1. The van der Waals surface area contributed by atoms with Crippen molar-refractivity contribution >= 4 is 0 Å². The second-order valence-corrected chi connectivity index (χ2v) is 7.09. The molecule has 0 spiro atoms. The van der Waals surface area contributed by atoms with Gasteiger partial charge in [-0.3, -0.25) is 10.2 Å². The van der Waals surface area contributed by atoms with E-state index in [2.05, 4.69) is 22.5 Å². The van der Waals surface area contributed by atoms with E-state index in [1.54, 1.807) is 0 Å². The summed E-state index contributed by atoms with van der Waals surface area (Å²) >= 11 is 0. The summed E-state index contributed by atoms with van der Waals surface area (Å²) in [7, 11) is 0. The average Bonchev–Trinajstić information content (AvgIpc) is 2.79. The van der Waals surface area contributed by atoms with E-state index < -0.39 is 0 Å². The Bertz CT molecular complexity index is 319. The summed E-state index contributed by atoms with van der Waals surface area (Å²) in [6.45, 7) is 7.27. The fourth-order valence-corrected chi connectivity index (χ4v) is 5.46. The van der Waals surface area contributed by atoms with Crippen LogP contribution in [0.1, 0.15) is 32.6 Å². The second kappa shape index (κ2) is 4.46. The molecule has 0 radical (unpaired) electrons. The molecule has 2 aliphatic heterocycles. The van der Waals surface area contributed by atoms with Crippen LogP contribution in [0.15, 0.2) is 0 Å². The molecule has 0 aromatic rings. The fraction of sp³-hybridized carbons (Fsp3) is 1.00. The van der Waals surface area contributed by atoms with Gasteiger partial charge in [0, 0.05) is 18.8 Å². The van der Waals surface area contributed by atoms with E-state index >= 15 is 0 Å². The van der Waals surface area contributed by atoms with Crippen LogP contribution < -0.4 is 10.6 Å². The maximum atomic E-state index is 3.77. The lowest BCUT2D eigenvalue weighted by molar-refractivity contribution is 0.0151. The van der Waals surface area contributed by atoms with Gasteiger partial charge in [0.15, 0.2) is 0 Å². The van der Waals surface area contributed by atoms with Crippen LogP contribution in [0.2, 0.25) is 0 Å². The molecular formula is C15H27N3. The molecule has 2 N–H and O–H groups in total. The molecule has 6 atom stereocenters. The van der Waals surface area contributed by atoms with E-state index in [1.165, 1.54) is 45.3 Å². The fourth-order valence-electron chi connectivity index (χ4n) is 5.46. The minimum Gasteiger partial charge on any atom is -0.316 e. The highest BCUT2D eigenvalue weighted by atomic mass is 15.3. The predicted octanol–water partition coefficient (Wildman–Crippen LogP) is 1.26. The zero-order valence-electron chi connectivity index (χ0n) is 11.6. The maximum Gasteiger partial charge on any atom is 0.0486 e. The monoisotopic (exact) mass is 249 g/mol. The number of nitrogens with one attached hydrogen (secondary N) is 2. The SMILES string of the molecule is CCN1CNC2CC3C4CNCC(C4)CC3CC21. The van der Waals surface area contributed by atoms with Crippen molar-refractivity contribution in [2.45, 2.75) is 44.7 Å². The van der Waals surface area contributed by atoms with Crippen molar-refractivity contribution in [2.75, 3.05) is 26.3 Å². The highest BCUT2D eigenvalue weighted by Crippen LogP contribution is 2.48. The van der Waals surface area contributed by atoms with Gasteiger partial charge in [0.25, 0.3) is 0 Å². The molecule has 0 amide bonds. The topological polar surface area (TPSA) is 27.3 Å². The minimum absolute atomic E-state index is 0.796. The van der Waals surface area contributed by atoms with Gasteiger partial charge in [-0.2, -0.15) is 0 Å².